The van der Waals surface area contributed by atoms with E-state index >= 15 is 0 Å². The maximum atomic E-state index is 14.1. The van der Waals surface area contributed by atoms with Crippen LogP contribution in [-0.2, 0) is 6.42 Å². The zero-order valence-electron chi connectivity index (χ0n) is 14.5. The van der Waals surface area contributed by atoms with Crippen LogP contribution < -0.4 is 14.4 Å². The van der Waals surface area contributed by atoms with Crippen LogP contribution in [0, 0.1) is 11.7 Å². The molecule has 6 heteroatoms. The summed E-state index contributed by atoms with van der Waals surface area (Å²) in [6.45, 7) is 2.41. The quantitative estimate of drug-likeness (QED) is 0.705. The highest BCUT2D eigenvalue weighted by molar-refractivity contribution is 8.00. The Kier molecular flexibility index (Phi) is 5.46. The number of nitrogens with one attached hydrogen (secondary N) is 1. The van der Waals surface area contributed by atoms with E-state index in [9.17, 15) is 4.39 Å². The summed E-state index contributed by atoms with van der Waals surface area (Å²) in [7, 11) is 0. The summed E-state index contributed by atoms with van der Waals surface area (Å²) in [6.07, 6.45) is 3.05. The second-order valence-electron chi connectivity index (χ2n) is 6.82. The maximum Gasteiger partial charge on any atom is 0.147 e. The van der Waals surface area contributed by atoms with E-state index in [1.807, 2.05) is 6.07 Å². The van der Waals surface area contributed by atoms with Gasteiger partial charge in [0.2, 0.25) is 0 Å². The Morgan fingerprint density at radius 1 is 1.23 bits per heavy atom. The number of benzene rings is 2. The molecule has 0 aliphatic carbocycles. The van der Waals surface area contributed by atoms with Crippen molar-refractivity contribution < 1.29 is 9.13 Å². The van der Waals surface area contributed by atoms with Crippen molar-refractivity contribution in [3.8, 4) is 5.75 Å². The molecule has 4 rings (SSSR count). The van der Waals surface area contributed by atoms with Crippen molar-refractivity contribution in [2.24, 2.45) is 5.92 Å². The summed E-state index contributed by atoms with van der Waals surface area (Å²) in [6, 6.07) is 11.1. The topological polar surface area (TPSA) is 24.5 Å². The molecule has 0 amide bonds. The highest BCUT2D eigenvalue weighted by Crippen LogP contribution is 2.34. The van der Waals surface area contributed by atoms with Gasteiger partial charge in [0.1, 0.15) is 11.6 Å². The third-order valence-electron chi connectivity index (χ3n) is 5.11. The molecule has 2 aromatic carbocycles. The molecule has 2 aromatic rings. The Hall–Kier alpha value is -1.59. The molecule has 138 valence electrons. The van der Waals surface area contributed by atoms with Gasteiger partial charge in [-0.05, 0) is 55.5 Å². The number of anilines is 2. The fraction of sp³-hybridized carbons (Fsp3) is 0.400. The third-order valence-corrected chi connectivity index (χ3v) is 6.12. The smallest absolute Gasteiger partial charge is 0.147 e. The largest absolute Gasteiger partial charge is 0.493 e. The number of rotatable bonds is 4. The number of fused-ring (bicyclic) bond motifs is 1. The minimum absolute atomic E-state index is 0.242. The van der Waals surface area contributed by atoms with Gasteiger partial charge < -0.3 is 14.4 Å². The molecular weight excluding hydrogens is 371 g/mol. The molecule has 1 fully saturated rings. The Balaban J connectivity index is 1.33. The van der Waals surface area contributed by atoms with Crippen molar-refractivity contribution in [2.45, 2.75) is 19.3 Å². The van der Waals surface area contributed by atoms with Crippen molar-refractivity contribution in [3.63, 3.8) is 0 Å². The summed E-state index contributed by atoms with van der Waals surface area (Å²) in [5, 5.41) is 0.439. The van der Waals surface area contributed by atoms with E-state index in [2.05, 4.69) is 21.8 Å². The number of nitrogens with zero attached hydrogens (tertiary/aromatic N) is 1. The first-order valence-corrected chi connectivity index (χ1v) is 10.4. The fourth-order valence-electron chi connectivity index (χ4n) is 3.62. The van der Waals surface area contributed by atoms with Gasteiger partial charge in [-0.25, -0.2) is 4.39 Å². The van der Waals surface area contributed by atoms with Gasteiger partial charge in [-0.1, -0.05) is 29.6 Å². The fourth-order valence-corrected chi connectivity index (χ4v) is 4.54. The average Bonchev–Trinajstić information content (AvgIpc) is 2.67. The Morgan fingerprint density at radius 3 is 2.88 bits per heavy atom. The van der Waals surface area contributed by atoms with Gasteiger partial charge in [-0.2, -0.15) is 0 Å². The van der Waals surface area contributed by atoms with Crippen LogP contribution in [0.1, 0.15) is 18.4 Å². The maximum absolute atomic E-state index is 14.1. The lowest BCUT2D eigenvalue weighted by atomic mass is 9.97. The highest BCUT2D eigenvalue weighted by Gasteiger charge is 2.23. The summed E-state index contributed by atoms with van der Waals surface area (Å²) in [4.78, 5) is 2.10. The van der Waals surface area contributed by atoms with Crippen molar-refractivity contribution in [1.82, 2.24) is 0 Å². The molecule has 1 N–H and O–H groups in total. The third kappa shape index (κ3) is 3.89. The molecule has 0 spiro atoms. The minimum atomic E-state index is -0.242. The lowest BCUT2D eigenvalue weighted by molar-refractivity contribution is 0.221. The molecule has 0 bridgehead atoms. The number of hydrogen-bond donors (Lipinski definition) is 1. The summed E-state index contributed by atoms with van der Waals surface area (Å²) < 4.78 is 23.6. The van der Waals surface area contributed by atoms with E-state index in [1.54, 1.807) is 24.1 Å². The van der Waals surface area contributed by atoms with Gasteiger partial charge in [0.15, 0.2) is 0 Å². The Bertz CT molecular complexity index is 780. The lowest BCUT2D eigenvalue weighted by Crippen LogP contribution is -2.36. The first-order chi connectivity index (χ1) is 12.7. The molecule has 0 aromatic heterocycles. The molecule has 2 aliphatic heterocycles. The van der Waals surface area contributed by atoms with Crippen molar-refractivity contribution in [1.29, 1.82) is 0 Å². The second-order valence-corrected chi connectivity index (χ2v) is 8.16. The Labute approximate surface area is 163 Å². The van der Waals surface area contributed by atoms with E-state index in [4.69, 9.17) is 16.3 Å². The number of ether oxygens (including phenoxy) is 1. The van der Waals surface area contributed by atoms with Gasteiger partial charge >= 0.3 is 0 Å². The highest BCUT2D eigenvalue weighted by atomic mass is 35.5. The second kappa shape index (κ2) is 7.97. The lowest BCUT2D eigenvalue weighted by Gasteiger charge is -2.34. The monoisotopic (exact) mass is 392 g/mol. The Morgan fingerprint density at radius 2 is 2.08 bits per heavy atom. The number of halogens is 2. The van der Waals surface area contributed by atoms with E-state index in [0.717, 1.165) is 50.5 Å². The molecule has 0 unspecified atom stereocenters. The van der Waals surface area contributed by atoms with Crippen LogP contribution in [0.3, 0.4) is 0 Å². The molecule has 0 atom stereocenters. The summed E-state index contributed by atoms with van der Waals surface area (Å²) in [5.41, 5.74) is 3.10. The van der Waals surface area contributed by atoms with Crippen LogP contribution >= 0.6 is 23.5 Å². The van der Waals surface area contributed by atoms with E-state index in [-0.39, 0.29) is 5.82 Å². The van der Waals surface area contributed by atoms with Crippen LogP contribution in [0.2, 0.25) is 5.02 Å². The average molecular weight is 393 g/mol. The van der Waals surface area contributed by atoms with Gasteiger partial charge in [-0.3, -0.25) is 0 Å². The zero-order chi connectivity index (χ0) is 17.9. The predicted octanol–water partition coefficient (Wildman–Crippen LogP) is 5.39. The van der Waals surface area contributed by atoms with Crippen molar-refractivity contribution >= 4 is 34.9 Å². The van der Waals surface area contributed by atoms with Crippen molar-refractivity contribution in [3.05, 3.63) is 52.8 Å². The molecule has 2 heterocycles. The van der Waals surface area contributed by atoms with Crippen LogP contribution in [0.15, 0.2) is 36.4 Å². The van der Waals surface area contributed by atoms with Crippen LogP contribution in [0.4, 0.5) is 15.8 Å². The van der Waals surface area contributed by atoms with E-state index < -0.39 is 0 Å². The molecule has 2 aliphatic rings. The molecule has 0 radical (unpaired) electrons. The van der Waals surface area contributed by atoms with Gasteiger partial charge in [0.05, 0.1) is 18.0 Å². The molecular formula is C20H22ClFN2OS. The molecule has 1 saturated heterocycles. The first kappa shape index (κ1) is 17.8. The van der Waals surface area contributed by atoms with Gasteiger partial charge in [0, 0.05) is 29.4 Å². The van der Waals surface area contributed by atoms with E-state index in [0.29, 0.717) is 16.6 Å². The standard InChI is InChI=1S/C20H22ClFN2OS/c21-15-4-5-19(17(22)12-15)24-9-6-14(7-10-24)13-25-20-3-1-2-18-16(20)8-11-26-23-18/h1-5,12,14,23H,6-11,13H2. The number of hydrogen-bond acceptors (Lipinski definition) is 4. The van der Waals surface area contributed by atoms with Gasteiger partial charge in [-0.15, -0.1) is 0 Å². The molecule has 0 saturated carbocycles. The minimum Gasteiger partial charge on any atom is -0.493 e. The predicted molar refractivity (Wildman–Crippen MR) is 108 cm³/mol. The molecule has 3 nitrogen and oxygen atoms in total. The van der Waals surface area contributed by atoms with Crippen LogP contribution in [0.25, 0.3) is 0 Å². The van der Waals surface area contributed by atoms with Gasteiger partial charge in [0.25, 0.3) is 0 Å². The summed E-state index contributed by atoms with van der Waals surface area (Å²) in [5.74, 6) is 2.33. The zero-order valence-corrected chi connectivity index (χ0v) is 16.1. The normalized spacial score (nSPS) is 17.5. The summed E-state index contributed by atoms with van der Waals surface area (Å²) >= 11 is 7.59. The SMILES string of the molecule is Fc1cc(Cl)ccc1N1CCC(COc2cccc3c2CCSN3)CC1. The van der Waals surface area contributed by atoms with Crippen LogP contribution in [0.5, 0.6) is 5.75 Å². The van der Waals surface area contributed by atoms with E-state index in [1.165, 1.54) is 17.3 Å². The number of piperidine rings is 1. The molecule has 26 heavy (non-hydrogen) atoms. The van der Waals surface area contributed by atoms with Crippen molar-refractivity contribution in [2.75, 3.05) is 35.1 Å². The first-order valence-electron chi connectivity index (χ1n) is 9.03. The van der Waals surface area contributed by atoms with Crippen LogP contribution in [-0.4, -0.2) is 25.4 Å².